The van der Waals surface area contributed by atoms with E-state index in [1.54, 1.807) is 30.3 Å². The molecule has 0 amide bonds. The van der Waals surface area contributed by atoms with Crippen LogP contribution < -0.4 is 4.90 Å². The zero-order chi connectivity index (χ0) is 23.5. The molecular formula is C27H26Cl2N2O2. The molecule has 33 heavy (non-hydrogen) atoms. The molecular weight excluding hydrogens is 455 g/mol. The predicted octanol–water partition coefficient (Wildman–Crippen LogP) is 7.70. The SMILES string of the molecule is CCCN(CCC)c1ccc(-c2cc3c(C(=O)c4cccc(Cl)c4)c(O)[nH]c3cc2Cl)cc1. The number of fused-ring (bicyclic) bond motifs is 1. The highest BCUT2D eigenvalue weighted by molar-refractivity contribution is 6.34. The average molecular weight is 481 g/mol. The van der Waals surface area contributed by atoms with Crippen molar-refractivity contribution in [3.05, 3.63) is 81.8 Å². The number of aromatic amines is 1. The number of H-pyrrole nitrogens is 1. The smallest absolute Gasteiger partial charge is 0.200 e. The molecule has 0 atom stereocenters. The van der Waals surface area contributed by atoms with Crippen molar-refractivity contribution in [2.45, 2.75) is 26.7 Å². The number of hydrogen-bond acceptors (Lipinski definition) is 3. The highest BCUT2D eigenvalue weighted by atomic mass is 35.5. The third-order valence-electron chi connectivity index (χ3n) is 5.71. The maximum absolute atomic E-state index is 13.2. The second kappa shape index (κ2) is 9.90. The third-order valence-corrected chi connectivity index (χ3v) is 6.26. The summed E-state index contributed by atoms with van der Waals surface area (Å²) in [6, 6.07) is 18.6. The van der Waals surface area contributed by atoms with Crippen molar-refractivity contribution in [3.8, 4) is 17.0 Å². The van der Waals surface area contributed by atoms with Gasteiger partial charge >= 0.3 is 0 Å². The number of carbonyl (C=O) groups excluding carboxylic acids is 1. The Kier molecular flexibility index (Phi) is 6.96. The number of rotatable bonds is 8. The standard InChI is InChI=1S/C27H26Cl2N2O2/c1-3-12-31(13-4-2)20-10-8-17(9-11-20)21-15-22-24(16-23(21)29)30-27(33)25(22)26(32)18-6-5-7-19(28)14-18/h5-11,14-16,30,33H,3-4,12-13H2,1-2H3. The van der Waals surface area contributed by atoms with Gasteiger partial charge in [0.15, 0.2) is 5.78 Å². The minimum absolute atomic E-state index is 0.187. The van der Waals surface area contributed by atoms with Crippen molar-refractivity contribution in [2.24, 2.45) is 0 Å². The van der Waals surface area contributed by atoms with E-state index in [0.29, 0.717) is 26.5 Å². The lowest BCUT2D eigenvalue weighted by Crippen LogP contribution is -2.24. The molecule has 4 rings (SSSR count). The van der Waals surface area contributed by atoms with Crippen LogP contribution in [-0.2, 0) is 0 Å². The Morgan fingerprint density at radius 1 is 0.970 bits per heavy atom. The molecule has 0 aliphatic rings. The van der Waals surface area contributed by atoms with Crippen LogP contribution >= 0.6 is 23.2 Å². The molecule has 6 heteroatoms. The van der Waals surface area contributed by atoms with Crippen LogP contribution in [0.2, 0.25) is 10.0 Å². The number of carbonyl (C=O) groups is 1. The Bertz CT molecular complexity index is 1290. The number of nitrogens with one attached hydrogen (secondary N) is 1. The van der Waals surface area contributed by atoms with Gasteiger partial charge in [0.25, 0.3) is 0 Å². The van der Waals surface area contributed by atoms with Gasteiger partial charge in [-0.1, -0.05) is 61.3 Å². The molecule has 0 saturated carbocycles. The molecule has 0 spiro atoms. The summed E-state index contributed by atoms with van der Waals surface area (Å²) in [4.78, 5) is 18.4. The summed E-state index contributed by atoms with van der Waals surface area (Å²) in [7, 11) is 0. The fourth-order valence-corrected chi connectivity index (χ4v) is 4.65. The second-order valence-corrected chi connectivity index (χ2v) is 8.94. The summed E-state index contributed by atoms with van der Waals surface area (Å²) in [5.41, 5.74) is 4.13. The quantitative estimate of drug-likeness (QED) is 0.254. The van der Waals surface area contributed by atoms with Crippen LogP contribution in [0.15, 0.2) is 60.7 Å². The molecule has 0 fully saturated rings. The lowest BCUT2D eigenvalue weighted by atomic mass is 9.98. The Hall–Kier alpha value is -2.95. The number of anilines is 1. The number of aromatic hydroxyl groups is 1. The van der Waals surface area contributed by atoms with Crippen LogP contribution in [0.1, 0.15) is 42.6 Å². The van der Waals surface area contributed by atoms with E-state index in [1.807, 2.05) is 18.2 Å². The molecule has 0 aliphatic carbocycles. The lowest BCUT2D eigenvalue weighted by molar-refractivity contribution is 0.103. The topological polar surface area (TPSA) is 56.3 Å². The summed E-state index contributed by atoms with van der Waals surface area (Å²) in [6.45, 7) is 6.39. The van der Waals surface area contributed by atoms with Crippen molar-refractivity contribution < 1.29 is 9.90 Å². The average Bonchev–Trinajstić information content (AvgIpc) is 3.12. The van der Waals surface area contributed by atoms with Gasteiger partial charge in [-0.2, -0.15) is 0 Å². The minimum Gasteiger partial charge on any atom is -0.494 e. The van der Waals surface area contributed by atoms with Gasteiger partial charge in [-0.25, -0.2) is 0 Å². The molecule has 4 nitrogen and oxygen atoms in total. The van der Waals surface area contributed by atoms with Gasteiger partial charge in [0.1, 0.15) is 0 Å². The van der Waals surface area contributed by atoms with E-state index in [1.165, 1.54) is 5.69 Å². The Balaban J connectivity index is 1.76. The minimum atomic E-state index is -0.306. The van der Waals surface area contributed by atoms with E-state index in [0.717, 1.165) is 37.1 Å². The van der Waals surface area contributed by atoms with Crippen LogP contribution in [-0.4, -0.2) is 29.0 Å². The monoisotopic (exact) mass is 480 g/mol. The molecule has 1 heterocycles. The van der Waals surface area contributed by atoms with Gasteiger partial charge in [0.05, 0.1) is 16.1 Å². The number of aromatic nitrogens is 1. The van der Waals surface area contributed by atoms with Crippen LogP contribution in [0.3, 0.4) is 0 Å². The highest BCUT2D eigenvalue weighted by Crippen LogP contribution is 2.37. The Morgan fingerprint density at radius 3 is 2.30 bits per heavy atom. The molecule has 0 unspecified atom stereocenters. The van der Waals surface area contributed by atoms with Crippen LogP contribution in [0.4, 0.5) is 5.69 Å². The molecule has 0 radical (unpaired) electrons. The highest BCUT2D eigenvalue weighted by Gasteiger charge is 2.22. The lowest BCUT2D eigenvalue weighted by Gasteiger charge is -2.24. The van der Waals surface area contributed by atoms with E-state index in [2.05, 4.69) is 35.9 Å². The first kappa shape index (κ1) is 23.2. The third kappa shape index (κ3) is 4.73. The number of halogens is 2. The van der Waals surface area contributed by atoms with Crippen LogP contribution in [0.5, 0.6) is 5.88 Å². The maximum atomic E-state index is 13.2. The van der Waals surface area contributed by atoms with Gasteiger partial charge in [-0.15, -0.1) is 0 Å². The summed E-state index contributed by atoms with van der Waals surface area (Å²) >= 11 is 12.7. The van der Waals surface area contributed by atoms with Gasteiger partial charge in [0.2, 0.25) is 5.88 Å². The van der Waals surface area contributed by atoms with Gasteiger partial charge in [-0.3, -0.25) is 4.79 Å². The maximum Gasteiger partial charge on any atom is 0.200 e. The van der Waals surface area contributed by atoms with Crippen molar-refractivity contribution in [2.75, 3.05) is 18.0 Å². The predicted molar refractivity (Wildman–Crippen MR) is 138 cm³/mol. The summed E-state index contributed by atoms with van der Waals surface area (Å²) < 4.78 is 0. The first-order valence-electron chi connectivity index (χ1n) is 11.1. The van der Waals surface area contributed by atoms with E-state index in [-0.39, 0.29) is 17.2 Å². The van der Waals surface area contributed by atoms with Crippen molar-refractivity contribution in [1.29, 1.82) is 0 Å². The van der Waals surface area contributed by atoms with E-state index in [9.17, 15) is 9.90 Å². The largest absolute Gasteiger partial charge is 0.494 e. The summed E-state index contributed by atoms with van der Waals surface area (Å²) in [5.74, 6) is -0.493. The molecule has 2 N–H and O–H groups in total. The van der Waals surface area contributed by atoms with E-state index in [4.69, 9.17) is 23.2 Å². The number of nitrogens with zero attached hydrogens (tertiary/aromatic N) is 1. The van der Waals surface area contributed by atoms with Crippen LogP contribution in [0.25, 0.3) is 22.0 Å². The molecule has 170 valence electrons. The van der Waals surface area contributed by atoms with Gasteiger partial charge < -0.3 is 15.0 Å². The fraction of sp³-hybridized carbons (Fsp3) is 0.222. The number of ketones is 1. The van der Waals surface area contributed by atoms with Crippen molar-refractivity contribution in [3.63, 3.8) is 0 Å². The first-order chi connectivity index (χ1) is 15.9. The second-order valence-electron chi connectivity index (χ2n) is 8.10. The Morgan fingerprint density at radius 2 is 1.67 bits per heavy atom. The number of benzene rings is 3. The normalized spacial score (nSPS) is 11.2. The molecule has 0 aliphatic heterocycles. The molecule has 3 aromatic carbocycles. The van der Waals surface area contributed by atoms with Gasteiger partial charge in [0, 0.05) is 40.3 Å². The van der Waals surface area contributed by atoms with Crippen molar-refractivity contribution in [1.82, 2.24) is 4.98 Å². The first-order valence-corrected chi connectivity index (χ1v) is 11.9. The summed E-state index contributed by atoms with van der Waals surface area (Å²) in [5, 5.41) is 12.1. The van der Waals surface area contributed by atoms with Crippen molar-refractivity contribution >= 4 is 45.6 Å². The van der Waals surface area contributed by atoms with Gasteiger partial charge in [-0.05, 0) is 54.8 Å². The van der Waals surface area contributed by atoms with Crippen LogP contribution in [0, 0.1) is 0 Å². The number of hydrogen-bond donors (Lipinski definition) is 2. The zero-order valence-electron chi connectivity index (χ0n) is 18.7. The van der Waals surface area contributed by atoms with E-state index < -0.39 is 0 Å². The van der Waals surface area contributed by atoms with E-state index >= 15 is 0 Å². The summed E-state index contributed by atoms with van der Waals surface area (Å²) in [6.07, 6.45) is 2.18. The molecule has 0 bridgehead atoms. The molecule has 0 saturated heterocycles. The Labute approximate surface area is 203 Å². The zero-order valence-corrected chi connectivity index (χ0v) is 20.2. The molecule has 1 aromatic heterocycles. The molecule has 4 aromatic rings. The fourth-order valence-electron chi connectivity index (χ4n) is 4.19.